The first-order chi connectivity index (χ1) is 10.2. The smallest absolute Gasteiger partial charge is 0.131 e. The number of thiazole rings is 1. The molecule has 3 aromatic rings. The Morgan fingerprint density at radius 2 is 2.00 bits per heavy atom. The molecular weight excluding hydrogens is 280 g/mol. The van der Waals surface area contributed by atoms with Crippen molar-refractivity contribution in [2.75, 3.05) is 5.73 Å². The Hall–Kier alpha value is -2.14. The molecule has 0 fully saturated rings. The van der Waals surface area contributed by atoms with E-state index in [9.17, 15) is 0 Å². The molecule has 108 valence electrons. The van der Waals surface area contributed by atoms with Crippen LogP contribution in [0.15, 0.2) is 36.5 Å². The lowest BCUT2D eigenvalue weighted by atomic mass is 10.1. The zero-order valence-electron chi connectivity index (χ0n) is 12.2. The molecule has 0 saturated carbocycles. The minimum absolute atomic E-state index is 0.726. The Bertz CT molecular complexity index is 743. The van der Waals surface area contributed by atoms with Gasteiger partial charge in [-0.3, -0.25) is 0 Å². The number of nitrogens with two attached hydrogens (primary N) is 1. The van der Waals surface area contributed by atoms with Crippen LogP contribution in [0.4, 0.5) is 5.82 Å². The highest BCUT2D eigenvalue weighted by Gasteiger charge is 2.18. The van der Waals surface area contributed by atoms with Gasteiger partial charge >= 0.3 is 0 Å². The van der Waals surface area contributed by atoms with Crippen LogP contribution in [0.5, 0.6) is 0 Å². The fourth-order valence-electron chi connectivity index (χ4n) is 2.39. The van der Waals surface area contributed by atoms with Gasteiger partial charge in [0.25, 0.3) is 0 Å². The molecule has 0 radical (unpaired) electrons. The first-order valence-corrected chi connectivity index (χ1v) is 7.88. The Morgan fingerprint density at radius 1 is 1.24 bits per heavy atom. The lowest BCUT2D eigenvalue weighted by molar-refractivity contribution is 0.892. The Kier molecular flexibility index (Phi) is 3.75. The summed E-state index contributed by atoms with van der Waals surface area (Å²) in [7, 11) is 0. The molecule has 0 unspecified atom stereocenters. The second kappa shape index (κ2) is 5.69. The Balaban J connectivity index is 2.16. The van der Waals surface area contributed by atoms with E-state index in [1.807, 2.05) is 48.1 Å². The van der Waals surface area contributed by atoms with Crippen molar-refractivity contribution >= 4 is 17.2 Å². The second-order valence-electron chi connectivity index (χ2n) is 4.95. The van der Waals surface area contributed by atoms with Gasteiger partial charge in [0.15, 0.2) is 0 Å². The highest BCUT2D eigenvalue weighted by atomic mass is 32.1. The number of para-hydroxylation sites is 1. The third kappa shape index (κ3) is 2.56. The average molecular weight is 298 g/mol. The third-order valence-corrected chi connectivity index (χ3v) is 4.30. The minimum atomic E-state index is 0.726. The Morgan fingerprint density at radius 3 is 2.62 bits per heavy atom. The number of rotatable bonds is 4. The van der Waals surface area contributed by atoms with Crippen molar-refractivity contribution in [3.05, 3.63) is 47.1 Å². The molecule has 0 atom stereocenters. The lowest BCUT2D eigenvalue weighted by Crippen LogP contribution is -2.02. The van der Waals surface area contributed by atoms with Gasteiger partial charge in [0.05, 0.1) is 15.6 Å². The van der Waals surface area contributed by atoms with Crippen LogP contribution in [0.3, 0.4) is 0 Å². The summed E-state index contributed by atoms with van der Waals surface area (Å²) in [5, 5.41) is 5.79. The van der Waals surface area contributed by atoms with Crippen LogP contribution < -0.4 is 5.73 Å². The van der Waals surface area contributed by atoms with Gasteiger partial charge in [-0.15, -0.1) is 11.3 Å². The van der Waals surface area contributed by atoms with E-state index in [1.54, 1.807) is 11.3 Å². The molecule has 2 heterocycles. The van der Waals surface area contributed by atoms with E-state index >= 15 is 0 Å². The van der Waals surface area contributed by atoms with Gasteiger partial charge in [0.2, 0.25) is 0 Å². The number of hydrogen-bond acceptors (Lipinski definition) is 4. The van der Waals surface area contributed by atoms with Crippen molar-refractivity contribution < 1.29 is 0 Å². The van der Waals surface area contributed by atoms with Crippen LogP contribution in [0.2, 0.25) is 0 Å². The zero-order valence-corrected chi connectivity index (χ0v) is 13.0. The maximum atomic E-state index is 6.35. The second-order valence-corrected chi connectivity index (χ2v) is 6.19. The molecule has 0 amide bonds. The van der Waals surface area contributed by atoms with E-state index in [0.29, 0.717) is 0 Å². The molecule has 0 spiro atoms. The largest absolute Gasteiger partial charge is 0.383 e. The van der Waals surface area contributed by atoms with Crippen LogP contribution in [0.1, 0.15) is 23.9 Å². The van der Waals surface area contributed by atoms with Gasteiger partial charge in [-0.05, 0) is 25.5 Å². The molecule has 0 bridgehead atoms. The van der Waals surface area contributed by atoms with Crippen LogP contribution in [0.25, 0.3) is 16.3 Å². The Labute approximate surface area is 128 Å². The number of hydrogen-bond donors (Lipinski definition) is 1. The summed E-state index contributed by atoms with van der Waals surface area (Å²) in [6, 6.07) is 10.0. The molecule has 21 heavy (non-hydrogen) atoms. The highest BCUT2D eigenvalue weighted by Crippen LogP contribution is 2.33. The summed E-state index contributed by atoms with van der Waals surface area (Å²) in [4.78, 5) is 5.42. The summed E-state index contributed by atoms with van der Waals surface area (Å²) < 4.78 is 1.83. The fourth-order valence-corrected chi connectivity index (χ4v) is 3.18. The third-order valence-electron chi connectivity index (χ3n) is 3.38. The van der Waals surface area contributed by atoms with Crippen molar-refractivity contribution in [2.24, 2.45) is 0 Å². The monoisotopic (exact) mass is 298 g/mol. The molecule has 0 aliphatic heterocycles. The van der Waals surface area contributed by atoms with Crippen LogP contribution in [-0.4, -0.2) is 14.8 Å². The molecule has 0 aliphatic carbocycles. The summed E-state index contributed by atoms with van der Waals surface area (Å²) in [5.41, 5.74) is 9.41. The molecule has 0 saturated heterocycles. The minimum Gasteiger partial charge on any atom is -0.383 e. The zero-order chi connectivity index (χ0) is 14.8. The standard InChI is InChI=1S/C16H18N4S/c1-3-7-13-15(14-10-18-11(2)21-14)19-20(16(13)17)12-8-5-4-6-9-12/h4-6,8-10H,3,7,17H2,1-2H3. The topological polar surface area (TPSA) is 56.7 Å². The lowest BCUT2D eigenvalue weighted by Gasteiger charge is -2.04. The van der Waals surface area contributed by atoms with E-state index in [0.717, 1.165) is 45.5 Å². The molecular formula is C16H18N4S. The maximum Gasteiger partial charge on any atom is 0.131 e. The maximum absolute atomic E-state index is 6.35. The van der Waals surface area contributed by atoms with Gasteiger partial charge in [0.1, 0.15) is 11.5 Å². The molecule has 1 aromatic carbocycles. The number of aromatic nitrogens is 3. The van der Waals surface area contributed by atoms with E-state index < -0.39 is 0 Å². The highest BCUT2D eigenvalue weighted by molar-refractivity contribution is 7.15. The summed E-state index contributed by atoms with van der Waals surface area (Å²) >= 11 is 1.66. The normalized spacial score (nSPS) is 11.0. The average Bonchev–Trinajstić information content (AvgIpc) is 3.06. The van der Waals surface area contributed by atoms with Gasteiger partial charge in [-0.1, -0.05) is 31.5 Å². The predicted molar refractivity (Wildman–Crippen MR) is 87.8 cm³/mol. The van der Waals surface area contributed by atoms with E-state index in [2.05, 4.69) is 11.9 Å². The van der Waals surface area contributed by atoms with Crippen molar-refractivity contribution in [1.29, 1.82) is 0 Å². The van der Waals surface area contributed by atoms with E-state index in [4.69, 9.17) is 10.8 Å². The van der Waals surface area contributed by atoms with Crippen molar-refractivity contribution in [1.82, 2.24) is 14.8 Å². The number of benzene rings is 1. The quantitative estimate of drug-likeness (QED) is 0.796. The van der Waals surface area contributed by atoms with Crippen molar-refractivity contribution in [3.63, 3.8) is 0 Å². The number of nitrogens with zero attached hydrogens (tertiary/aromatic N) is 3. The first-order valence-electron chi connectivity index (χ1n) is 7.06. The van der Waals surface area contributed by atoms with E-state index in [1.165, 1.54) is 0 Å². The summed E-state index contributed by atoms with van der Waals surface area (Å²) in [6.07, 6.45) is 3.84. The number of anilines is 1. The molecule has 5 heteroatoms. The first kappa shape index (κ1) is 13.8. The van der Waals surface area contributed by atoms with Gasteiger partial charge < -0.3 is 5.73 Å². The van der Waals surface area contributed by atoms with Gasteiger partial charge in [-0.2, -0.15) is 5.10 Å². The predicted octanol–water partition coefficient (Wildman–Crippen LogP) is 3.84. The number of nitrogen functional groups attached to an aromatic ring is 1. The SMILES string of the molecule is CCCc1c(-c2cnc(C)s2)nn(-c2ccccc2)c1N. The fraction of sp³-hybridized carbons (Fsp3) is 0.250. The molecule has 2 aromatic heterocycles. The number of aryl methyl sites for hydroxylation is 1. The molecule has 0 aliphatic rings. The molecule has 3 rings (SSSR count). The summed E-state index contributed by atoms with van der Waals surface area (Å²) in [5.74, 6) is 0.726. The van der Waals surface area contributed by atoms with Crippen LogP contribution >= 0.6 is 11.3 Å². The van der Waals surface area contributed by atoms with Crippen LogP contribution in [0, 0.1) is 6.92 Å². The van der Waals surface area contributed by atoms with Crippen molar-refractivity contribution in [3.8, 4) is 16.3 Å². The van der Waals surface area contributed by atoms with Crippen molar-refractivity contribution in [2.45, 2.75) is 26.7 Å². The summed E-state index contributed by atoms with van der Waals surface area (Å²) in [6.45, 7) is 4.16. The van der Waals surface area contributed by atoms with Gasteiger partial charge in [0, 0.05) is 11.8 Å². The van der Waals surface area contributed by atoms with Crippen LogP contribution in [-0.2, 0) is 6.42 Å². The molecule has 2 N–H and O–H groups in total. The van der Waals surface area contributed by atoms with E-state index in [-0.39, 0.29) is 0 Å². The molecule has 4 nitrogen and oxygen atoms in total. The van der Waals surface area contributed by atoms with Gasteiger partial charge in [-0.25, -0.2) is 9.67 Å².